The molecule has 2 aromatic heterocycles. The van der Waals surface area contributed by atoms with Crippen LogP contribution < -0.4 is 5.56 Å². The van der Waals surface area contributed by atoms with Crippen LogP contribution in [-0.4, -0.2) is 52.4 Å². The van der Waals surface area contributed by atoms with Crippen molar-refractivity contribution in [2.45, 2.75) is 39.8 Å². The zero-order valence-corrected chi connectivity index (χ0v) is 18.7. The molecular weight excluding hydrogens is 398 g/mol. The molecule has 3 rings (SSSR count). The number of H-pyrrole nitrogens is 1. The maximum absolute atomic E-state index is 12.8. The van der Waals surface area contributed by atoms with Crippen LogP contribution in [0.4, 0.5) is 0 Å². The molecule has 0 saturated carbocycles. The van der Waals surface area contributed by atoms with E-state index in [1.807, 2.05) is 35.7 Å². The van der Waals surface area contributed by atoms with E-state index in [0.717, 1.165) is 28.9 Å². The summed E-state index contributed by atoms with van der Waals surface area (Å²) in [4.78, 5) is 23.4. The summed E-state index contributed by atoms with van der Waals surface area (Å²) in [6.07, 6.45) is 0.376. The summed E-state index contributed by atoms with van der Waals surface area (Å²) in [5.41, 5.74) is 1.81. The Balaban J connectivity index is 1.74. The van der Waals surface area contributed by atoms with Gasteiger partial charge in [-0.3, -0.25) is 9.69 Å². The maximum Gasteiger partial charge on any atom is 0.260 e. The molecule has 0 amide bonds. The molecular formula is C23H31N3O3S. The molecule has 0 aliphatic heterocycles. The summed E-state index contributed by atoms with van der Waals surface area (Å²) < 4.78 is 5.56. The van der Waals surface area contributed by atoms with Gasteiger partial charge in [0, 0.05) is 24.1 Å². The fourth-order valence-electron chi connectivity index (χ4n) is 3.45. The Morgan fingerprint density at radius 3 is 2.70 bits per heavy atom. The summed E-state index contributed by atoms with van der Waals surface area (Å²) in [5.74, 6) is 1.06. The maximum atomic E-state index is 12.8. The second-order valence-corrected chi connectivity index (χ2v) is 8.89. The minimum absolute atomic E-state index is 0.118. The third kappa shape index (κ3) is 5.98. The summed E-state index contributed by atoms with van der Waals surface area (Å²) in [6.45, 7) is 8.99. The number of aliphatic hydroxyl groups is 1. The first-order valence-electron chi connectivity index (χ1n) is 10.5. The van der Waals surface area contributed by atoms with Crippen LogP contribution in [0.1, 0.15) is 33.0 Å². The Hall–Kier alpha value is -2.06. The van der Waals surface area contributed by atoms with Gasteiger partial charge in [0.2, 0.25) is 0 Å². The number of hydrogen-bond donors (Lipinski definition) is 2. The number of ether oxygens (including phenoxy) is 1. The second kappa shape index (κ2) is 10.8. The van der Waals surface area contributed by atoms with Crippen molar-refractivity contribution in [2.75, 3.05) is 26.3 Å². The van der Waals surface area contributed by atoms with Crippen LogP contribution in [-0.2, 0) is 11.3 Å². The van der Waals surface area contributed by atoms with E-state index in [-0.39, 0.29) is 5.56 Å². The number of aromatic nitrogens is 2. The van der Waals surface area contributed by atoms with Crippen LogP contribution in [0.15, 0.2) is 40.5 Å². The van der Waals surface area contributed by atoms with Crippen LogP contribution in [0.3, 0.4) is 0 Å². The first-order chi connectivity index (χ1) is 14.5. The van der Waals surface area contributed by atoms with Gasteiger partial charge >= 0.3 is 0 Å². The predicted molar refractivity (Wildman–Crippen MR) is 123 cm³/mol. The van der Waals surface area contributed by atoms with Crippen molar-refractivity contribution in [1.29, 1.82) is 0 Å². The smallest absolute Gasteiger partial charge is 0.260 e. The molecule has 0 fully saturated rings. The van der Waals surface area contributed by atoms with Gasteiger partial charge in [-0.15, -0.1) is 11.3 Å². The lowest BCUT2D eigenvalue weighted by Gasteiger charge is -2.24. The average molecular weight is 430 g/mol. The zero-order chi connectivity index (χ0) is 21.5. The number of nitrogens with one attached hydrogen (secondary N) is 1. The highest BCUT2D eigenvalue weighted by molar-refractivity contribution is 7.17. The fourth-order valence-corrected chi connectivity index (χ4v) is 4.42. The molecule has 7 heteroatoms. The SMILES string of the molecule is CCCN(Cc1nc2scc(-c3ccccc3)c2c(=O)[nH]1)CC(O)COCC(C)C. The Kier molecular flexibility index (Phi) is 8.16. The molecule has 1 unspecified atom stereocenters. The van der Waals surface area contributed by atoms with Crippen LogP contribution in [0.5, 0.6) is 0 Å². The van der Waals surface area contributed by atoms with Gasteiger partial charge in [0.15, 0.2) is 0 Å². The Morgan fingerprint density at radius 1 is 1.23 bits per heavy atom. The van der Waals surface area contributed by atoms with Crippen molar-refractivity contribution in [1.82, 2.24) is 14.9 Å². The standard InChI is InChI=1S/C23H31N3O3S/c1-4-10-26(11-18(27)14-29-13-16(2)3)12-20-24-22(28)21-19(15-30-23(21)25-20)17-8-6-5-7-9-17/h5-9,15-16,18,27H,4,10-14H2,1-3H3,(H,24,25,28). The number of hydrogen-bond acceptors (Lipinski definition) is 6. The number of aromatic amines is 1. The molecule has 1 aromatic carbocycles. The van der Waals surface area contributed by atoms with Crippen molar-refractivity contribution in [3.63, 3.8) is 0 Å². The van der Waals surface area contributed by atoms with Gasteiger partial charge < -0.3 is 14.8 Å². The van der Waals surface area contributed by atoms with Gasteiger partial charge in [-0.2, -0.15) is 0 Å². The molecule has 6 nitrogen and oxygen atoms in total. The summed E-state index contributed by atoms with van der Waals surface area (Å²) in [7, 11) is 0. The summed E-state index contributed by atoms with van der Waals surface area (Å²) in [6, 6.07) is 9.89. The van der Waals surface area contributed by atoms with E-state index in [2.05, 4.69) is 30.7 Å². The highest BCUT2D eigenvalue weighted by Crippen LogP contribution is 2.30. The third-order valence-electron chi connectivity index (χ3n) is 4.72. The van der Waals surface area contributed by atoms with Crippen molar-refractivity contribution >= 4 is 21.6 Å². The molecule has 30 heavy (non-hydrogen) atoms. The van der Waals surface area contributed by atoms with E-state index in [4.69, 9.17) is 9.72 Å². The Bertz CT molecular complexity index is 984. The average Bonchev–Trinajstić information content (AvgIpc) is 3.13. The van der Waals surface area contributed by atoms with Crippen molar-refractivity contribution in [3.8, 4) is 11.1 Å². The lowest BCUT2D eigenvalue weighted by Crippen LogP contribution is -2.36. The lowest BCUT2D eigenvalue weighted by atomic mass is 10.1. The van der Waals surface area contributed by atoms with Gasteiger partial charge in [0.1, 0.15) is 10.7 Å². The molecule has 2 heterocycles. The normalized spacial score (nSPS) is 12.9. The zero-order valence-electron chi connectivity index (χ0n) is 17.9. The highest BCUT2D eigenvalue weighted by Gasteiger charge is 2.16. The molecule has 1 atom stereocenters. The molecule has 0 saturated heterocycles. The first-order valence-corrected chi connectivity index (χ1v) is 11.4. The van der Waals surface area contributed by atoms with Gasteiger partial charge in [-0.05, 0) is 24.4 Å². The largest absolute Gasteiger partial charge is 0.389 e. The second-order valence-electron chi connectivity index (χ2n) is 8.03. The van der Waals surface area contributed by atoms with Gasteiger partial charge in [0.25, 0.3) is 5.56 Å². The van der Waals surface area contributed by atoms with Crippen LogP contribution >= 0.6 is 11.3 Å². The van der Waals surface area contributed by atoms with Crippen molar-refractivity contribution in [2.24, 2.45) is 5.92 Å². The van der Waals surface area contributed by atoms with E-state index in [0.29, 0.717) is 43.4 Å². The molecule has 0 bridgehead atoms. The Labute approximate surface area is 181 Å². The topological polar surface area (TPSA) is 78.5 Å². The molecule has 162 valence electrons. The predicted octanol–water partition coefficient (Wildman–Crippen LogP) is 3.90. The van der Waals surface area contributed by atoms with E-state index >= 15 is 0 Å². The first kappa shape index (κ1) is 22.6. The molecule has 2 N–H and O–H groups in total. The number of benzene rings is 1. The summed E-state index contributed by atoms with van der Waals surface area (Å²) in [5, 5.41) is 13.0. The van der Waals surface area contributed by atoms with E-state index in [1.165, 1.54) is 11.3 Å². The molecule has 0 spiro atoms. The quantitative estimate of drug-likeness (QED) is 0.483. The molecule has 0 radical (unpaired) electrons. The number of fused-ring (bicyclic) bond motifs is 1. The lowest BCUT2D eigenvalue weighted by molar-refractivity contribution is 0.00657. The van der Waals surface area contributed by atoms with Crippen molar-refractivity contribution < 1.29 is 9.84 Å². The van der Waals surface area contributed by atoms with E-state index < -0.39 is 6.10 Å². The molecule has 3 aromatic rings. The van der Waals surface area contributed by atoms with Crippen LogP contribution in [0.25, 0.3) is 21.3 Å². The third-order valence-corrected chi connectivity index (χ3v) is 5.59. The highest BCUT2D eigenvalue weighted by atomic mass is 32.1. The van der Waals surface area contributed by atoms with E-state index in [9.17, 15) is 9.90 Å². The number of nitrogens with zero attached hydrogens (tertiary/aromatic N) is 2. The molecule has 0 aliphatic rings. The number of thiophene rings is 1. The van der Waals surface area contributed by atoms with Crippen LogP contribution in [0, 0.1) is 5.92 Å². The van der Waals surface area contributed by atoms with Gasteiger partial charge in [0.05, 0.1) is 24.6 Å². The fraction of sp³-hybridized carbons (Fsp3) is 0.478. The van der Waals surface area contributed by atoms with Crippen molar-refractivity contribution in [3.05, 3.63) is 51.9 Å². The van der Waals surface area contributed by atoms with Gasteiger partial charge in [-0.1, -0.05) is 51.1 Å². The van der Waals surface area contributed by atoms with Crippen LogP contribution in [0.2, 0.25) is 0 Å². The van der Waals surface area contributed by atoms with Gasteiger partial charge in [-0.25, -0.2) is 4.98 Å². The minimum Gasteiger partial charge on any atom is -0.389 e. The monoisotopic (exact) mass is 429 g/mol. The molecule has 0 aliphatic carbocycles. The number of aliphatic hydroxyl groups excluding tert-OH is 1. The van der Waals surface area contributed by atoms with E-state index in [1.54, 1.807) is 0 Å². The minimum atomic E-state index is -0.572. The number of rotatable bonds is 11. The summed E-state index contributed by atoms with van der Waals surface area (Å²) >= 11 is 1.49. The Morgan fingerprint density at radius 2 is 2.00 bits per heavy atom.